The van der Waals surface area contributed by atoms with Crippen LogP contribution < -0.4 is 0 Å². The molecular weight excluding hydrogens is 480 g/mol. The molecule has 3 rings (SSSR count). The van der Waals surface area contributed by atoms with Gasteiger partial charge in [0.05, 0.1) is 28.1 Å². The molecule has 3 aromatic rings. The predicted molar refractivity (Wildman–Crippen MR) is 107 cm³/mol. The molecule has 0 saturated heterocycles. The number of aromatic nitrogens is 3. The SMILES string of the molecule is CCS(=O)(=O)c1cc(C(F)(F)F)cnc1-c1ncc(-c2ccc(SC(F)(F)F)cc2)n1C. The van der Waals surface area contributed by atoms with E-state index in [-0.39, 0.29) is 28.2 Å². The molecule has 2 heterocycles. The van der Waals surface area contributed by atoms with Crippen LogP contribution in [0.2, 0.25) is 0 Å². The average molecular weight is 495 g/mol. The molecule has 172 valence electrons. The fraction of sp³-hybridized carbons (Fsp3) is 0.263. The van der Waals surface area contributed by atoms with Crippen LogP contribution in [0.15, 0.2) is 52.5 Å². The maximum atomic E-state index is 13.1. The van der Waals surface area contributed by atoms with E-state index in [0.29, 0.717) is 23.5 Å². The van der Waals surface area contributed by atoms with Crippen molar-refractivity contribution in [2.24, 2.45) is 7.05 Å². The molecule has 0 aliphatic carbocycles. The summed E-state index contributed by atoms with van der Waals surface area (Å²) in [6, 6.07) is 5.92. The number of thioether (sulfide) groups is 1. The number of benzene rings is 1. The van der Waals surface area contributed by atoms with Gasteiger partial charge in [0, 0.05) is 18.1 Å². The second-order valence-corrected chi connectivity index (χ2v) is 9.96. The Morgan fingerprint density at radius 1 is 1.00 bits per heavy atom. The van der Waals surface area contributed by atoms with E-state index in [1.165, 1.54) is 49.0 Å². The summed E-state index contributed by atoms with van der Waals surface area (Å²) < 4.78 is 103. The molecule has 32 heavy (non-hydrogen) atoms. The number of sulfone groups is 1. The first kappa shape index (κ1) is 24.1. The zero-order valence-electron chi connectivity index (χ0n) is 16.5. The highest BCUT2D eigenvalue weighted by Gasteiger charge is 2.34. The van der Waals surface area contributed by atoms with E-state index in [0.717, 1.165) is 0 Å². The zero-order valence-corrected chi connectivity index (χ0v) is 18.1. The minimum Gasteiger partial charge on any atom is -0.326 e. The first-order valence-corrected chi connectivity index (χ1v) is 11.4. The summed E-state index contributed by atoms with van der Waals surface area (Å²) in [5, 5.41) is 0. The summed E-state index contributed by atoms with van der Waals surface area (Å²) in [6.07, 6.45) is -2.92. The normalized spacial score (nSPS) is 12.9. The van der Waals surface area contributed by atoms with E-state index in [1.54, 1.807) is 0 Å². The third kappa shape index (κ3) is 5.09. The third-order valence-electron chi connectivity index (χ3n) is 4.48. The second kappa shape index (κ2) is 8.43. The van der Waals surface area contributed by atoms with Gasteiger partial charge in [-0.15, -0.1) is 0 Å². The smallest absolute Gasteiger partial charge is 0.326 e. The summed E-state index contributed by atoms with van der Waals surface area (Å²) in [7, 11) is -2.58. The van der Waals surface area contributed by atoms with Gasteiger partial charge in [-0.05, 0) is 35.5 Å². The zero-order chi connectivity index (χ0) is 23.9. The Kier molecular flexibility index (Phi) is 6.35. The van der Waals surface area contributed by atoms with Gasteiger partial charge in [-0.1, -0.05) is 19.1 Å². The third-order valence-corrected chi connectivity index (χ3v) is 6.96. The Balaban J connectivity index is 2.08. The Bertz CT molecular complexity index is 1230. The number of pyridine rings is 1. The van der Waals surface area contributed by atoms with Gasteiger partial charge < -0.3 is 4.57 Å². The molecule has 0 unspecified atom stereocenters. The molecule has 0 spiro atoms. The minimum absolute atomic E-state index is 0.00510. The summed E-state index contributed by atoms with van der Waals surface area (Å²) >= 11 is -0.270. The lowest BCUT2D eigenvalue weighted by atomic mass is 10.2. The first-order valence-electron chi connectivity index (χ1n) is 8.91. The lowest BCUT2D eigenvalue weighted by Crippen LogP contribution is -2.13. The lowest BCUT2D eigenvalue weighted by molar-refractivity contribution is -0.138. The van der Waals surface area contributed by atoms with Crippen LogP contribution >= 0.6 is 11.8 Å². The molecule has 0 fully saturated rings. The molecule has 2 aromatic heterocycles. The van der Waals surface area contributed by atoms with Gasteiger partial charge >= 0.3 is 11.7 Å². The van der Waals surface area contributed by atoms with Crippen molar-refractivity contribution in [1.29, 1.82) is 0 Å². The molecule has 0 bridgehead atoms. The van der Waals surface area contributed by atoms with Gasteiger partial charge in [0.15, 0.2) is 15.7 Å². The molecule has 0 atom stereocenters. The van der Waals surface area contributed by atoms with Crippen LogP contribution in [0.25, 0.3) is 22.8 Å². The fourth-order valence-electron chi connectivity index (χ4n) is 2.89. The van der Waals surface area contributed by atoms with Crippen LogP contribution in [0.4, 0.5) is 26.3 Å². The highest BCUT2D eigenvalue weighted by Crippen LogP contribution is 2.38. The molecule has 0 amide bonds. The highest BCUT2D eigenvalue weighted by molar-refractivity contribution is 8.00. The van der Waals surface area contributed by atoms with Gasteiger partial charge in [0.1, 0.15) is 5.69 Å². The Labute approximate surface area is 183 Å². The summed E-state index contributed by atoms with van der Waals surface area (Å²) in [5.41, 5.74) is -5.01. The number of hydrogen-bond acceptors (Lipinski definition) is 5. The summed E-state index contributed by atoms with van der Waals surface area (Å²) in [4.78, 5) is 7.23. The van der Waals surface area contributed by atoms with Crippen molar-refractivity contribution in [2.75, 3.05) is 5.75 Å². The van der Waals surface area contributed by atoms with Gasteiger partial charge in [-0.25, -0.2) is 13.4 Å². The van der Waals surface area contributed by atoms with E-state index >= 15 is 0 Å². The molecule has 0 N–H and O–H groups in total. The minimum atomic E-state index is -4.79. The van der Waals surface area contributed by atoms with Crippen molar-refractivity contribution in [2.45, 2.75) is 28.4 Å². The topological polar surface area (TPSA) is 64.8 Å². The van der Waals surface area contributed by atoms with E-state index in [2.05, 4.69) is 9.97 Å². The van der Waals surface area contributed by atoms with Gasteiger partial charge in [-0.3, -0.25) is 4.98 Å². The maximum absolute atomic E-state index is 13.1. The maximum Gasteiger partial charge on any atom is 0.446 e. The van der Waals surface area contributed by atoms with E-state index in [4.69, 9.17) is 0 Å². The summed E-state index contributed by atoms with van der Waals surface area (Å²) in [6.45, 7) is 1.30. The van der Waals surface area contributed by atoms with Gasteiger partial charge in [0.2, 0.25) is 0 Å². The van der Waals surface area contributed by atoms with Crippen LogP contribution in [-0.2, 0) is 23.1 Å². The predicted octanol–water partition coefficient (Wildman–Crippen LogP) is 5.57. The molecule has 5 nitrogen and oxygen atoms in total. The molecule has 13 heteroatoms. The van der Waals surface area contributed by atoms with Crippen molar-refractivity contribution in [3.8, 4) is 22.8 Å². The molecule has 0 radical (unpaired) electrons. The van der Waals surface area contributed by atoms with E-state index < -0.39 is 37.7 Å². The van der Waals surface area contributed by atoms with Crippen LogP contribution in [0.3, 0.4) is 0 Å². The number of alkyl halides is 6. The van der Waals surface area contributed by atoms with Crippen LogP contribution in [0.1, 0.15) is 12.5 Å². The average Bonchev–Trinajstić information content (AvgIpc) is 3.07. The molecule has 0 aliphatic rings. The van der Waals surface area contributed by atoms with Crippen molar-refractivity contribution in [1.82, 2.24) is 14.5 Å². The van der Waals surface area contributed by atoms with Gasteiger partial charge in [-0.2, -0.15) is 26.3 Å². The molecular formula is C19H15F6N3O2S2. The largest absolute Gasteiger partial charge is 0.446 e. The number of nitrogens with zero attached hydrogens (tertiary/aromatic N) is 3. The standard InChI is InChI=1S/C19H15F6N3O2S2/c1-3-32(29,30)15-8-12(18(20,21)22)9-26-16(15)17-27-10-14(28(17)2)11-4-6-13(7-5-11)31-19(23,24)25/h4-10H,3H2,1-2H3. The van der Waals surface area contributed by atoms with Crippen molar-refractivity contribution in [3.05, 3.63) is 48.3 Å². The highest BCUT2D eigenvalue weighted by atomic mass is 32.2. The van der Waals surface area contributed by atoms with Crippen molar-refractivity contribution < 1.29 is 34.8 Å². The molecule has 0 aliphatic heterocycles. The number of halogens is 6. The number of imidazole rings is 1. The number of hydrogen-bond donors (Lipinski definition) is 0. The van der Waals surface area contributed by atoms with Gasteiger partial charge in [0.25, 0.3) is 0 Å². The Morgan fingerprint density at radius 2 is 1.62 bits per heavy atom. The fourth-order valence-corrected chi connectivity index (χ4v) is 4.48. The van der Waals surface area contributed by atoms with Crippen LogP contribution in [-0.4, -0.2) is 34.2 Å². The quantitative estimate of drug-likeness (QED) is 0.342. The Morgan fingerprint density at radius 3 is 2.16 bits per heavy atom. The Hall–Kier alpha value is -2.54. The lowest BCUT2D eigenvalue weighted by Gasteiger charge is -2.13. The van der Waals surface area contributed by atoms with E-state index in [1.807, 2.05) is 0 Å². The van der Waals surface area contributed by atoms with Crippen LogP contribution in [0, 0.1) is 0 Å². The van der Waals surface area contributed by atoms with Crippen LogP contribution in [0.5, 0.6) is 0 Å². The molecule has 1 aromatic carbocycles. The second-order valence-electron chi connectivity index (χ2n) is 6.57. The van der Waals surface area contributed by atoms with Crippen molar-refractivity contribution in [3.63, 3.8) is 0 Å². The number of rotatable bonds is 5. The molecule has 0 saturated carbocycles. The van der Waals surface area contributed by atoms with Crippen molar-refractivity contribution >= 4 is 21.6 Å². The summed E-state index contributed by atoms with van der Waals surface area (Å²) in [5.74, 6) is -0.451. The first-order chi connectivity index (χ1) is 14.7. The van der Waals surface area contributed by atoms with E-state index in [9.17, 15) is 34.8 Å². The monoisotopic (exact) mass is 495 g/mol.